The van der Waals surface area contributed by atoms with Crippen molar-refractivity contribution in [3.63, 3.8) is 0 Å². The van der Waals surface area contributed by atoms with Crippen molar-refractivity contribution in [2.75, 3.05) is 26.3 Å². The Hall–Kier alpha value is -2.41. The molecule has 27 heavy (non-hydrogen) atoms. The fraction of sp³-hybridized carbons (Fsp3) is 0.550. The highest BCUT2D eigenvalue weighted by molar-refractivity contribution is 5.94. The summed E-state index contributed by atoms with van der Waals surface area (Å²) in [4.78, 5) is 38.5. The van der Waals surface area contributed by atoms with Crippen molar-refractivity contribution in [2.45, 2.75) is 37.6 Å². The highest BCUT2D eigenvalue weighted by atomic mass is 16.5. The lowest BCUT2D eigenvalue weighted by molar-refractivity contribution is -0.141. The summed E-state index contributed by atoms with van der Waals surface area (Å²) in [6.45, 7) is 1.87. The SMILES string of the molecule is O=C(O)CC1(NC(=O)C2CCCN(C(=O)c3ccccc3)C2)CCOCC1. The molecule has 1 atom stereocenters. The van der Waals surface area contributed by atoms with Crippen LogP contribution in [0.25, 0.3) is 0 Å². The highest BCUT2D eigenvalue weighted by Crippen LogP contribution is 2.27. The number of nitrogens with zero attached hydrogens (tertiary/aromatic N) is 1. The number of carbonyl (C=O) groups is 3. The quantitative estimate of drug-likeness (QED) is 0.817. The van der Waals surface area contributed by atoms with Gasteiger partial charge in [-0.1, -0.05) is 18.2 Å². The summed E-state index contributed by atoms with van der Waals surface area (Å²) in [5.74, 6) is -1.48. The normalized spacial score (nSPS) is 22.1. The van der Waals surface area contributed by atoms with Gasteiger partial charge in [-0.15, -0.1) is 0 Å². The number of carboxylic acid groups (broad SMARTS) is 1. The molecule has 0 spiro atoms. The number of nitrogens with one attached hydrogen (secondary N) is 1. The molecule has 2 heterocycles. The molecule has 0 saturated carbocycles. The Morgan fingerprint density at radius 3 is 2.56 bits per heavy atom. The van der Waals surface area contributed by atoms with Gasteiger partial charge in [-0.25, -0.2) is 0 Å². The van der Waals surface area contributed by atoms with Gasteiger partial charge in [0.05, 0.1) is 17.9 Å². The van der Waals surface area contributed by atoms with Crippen LogP contribution in [0.4, 0.5) is 0 Å². The molecule has 0 bridgehead atoms. The highest BCUT2D eigenvalue weighted by Gasteiger charge is 2.39. The van der Waals surface area contributed by atoms with Crippen molar-refractivity contribution in [2.24, 2.45) is 5.92 Å². The van der Waals surface area contributed by atoms with Gasteiger partial charge in [-0.05, 0) is 37.8 Å². The van der Waals surface area contributed by atoms with E-state index in [-0.39, 0.29) is 24.2 Å². The van der Waals surface area contributed by atoms with E-state index in [2.05, 4.69) is 5.32 Å². The maximum Gasteiger partial charge on any atom is 0.305 e. The van der Waals surface area contributed by atoms with Gasteiger partial charge in [0, 0.05) is 31.9 Å². The number of likely N-dealkylation sites (tertiary alicyclic amines) is 1. The molecule has 146 valence electrons. The van der Waals surface area contributed by atoms with E-state index in [9.17, 15) is 19.5 Å². The van der Waals surface area contributed by atoms with Crippen molar-refractivity contribution in [1.29, 1.82) is 0 Å². The largest absolute Gasteiger partial charge is 0.481 e. The summed E-state index contributed by atoms with van der Waals surface area (Å²) >= 11 is 0. The van der Waals surface area contributed by atoms with Gasteiger partial charge in [0.15, 0.2) is 0 Å². The molecule has 1 aromatic carbocycles. The predicted molar refractivity (Wildman–Crippen MR) is 98.2 cm³/mol. The molecule has 2 amide bonds. The lowest BCUT2D eigenvalue weighted by Crippen LogP contribution is -2.56. The molecule has 7 heteroatoms. The van der Waals surface area contributed by atoms with Crippen molar-refractivity contribution in [3.05, 3.63) is 35.9 Å². The van der Waals surface area contributed by atoms with Crippen LogP contribution >= 0.6 is 0 Å². The standard InChI is InChI=1S/C20H26N2O5/c23-17(24)13-20(8-11-27-12-9-20)21-18(25)16-7-4-10-22(14-16)19(26)15-5-2-1-3-6-15/h1-3,5-6,16H,4,7-14H2,(H,21,25)(H,23,24). The van der Waals surface area contributed by atoms with Crippen LogP contribution in [0.5, 0.6) is 0 Å². The zero-order chi connectivity index (χ0) is 19.3. The molecule has 2 saturated heterocycles. The van der Waals surface area contributed by atoms with Gasteiger partial charge in [0.1, 0.15) is 0 Å². The van der Waals surface area contributed by atoms with Crippen LogP contribution in [-0.2, 0) is 14.3 Å². The number of ether oxygens (including phenoxy) is 1. The summed E-state index contributed by atoms with van der Waals surface area (Å²) in [5, 5.41) is 12.2. The van der Waals surface area contributed by atoms with E-state index < -0.39 is 11.5 Å². The lowest BCUT2D eigenvalue weighted by atomic mass is 9.85. The van der Waals surface area contributed by atoms with Crippen LogP contribution < -0.4 is 5.32 Å². The number of carbonyl (C=O) groups excluding carboxylic acids is 2. The molecule has 2 aliphatic rings. The maximum atomic E-state index is 12.9. The molecule has 0 aliphatic carbocycles. The molecular formula is C20H26N2O5. The number of carboxylic acids is 1. The van der Waals surface area contributed by atoms with Crippen molar-refractivity contribution >= 4 is 17.8 Å². The van der Waals surface area contributed by atoms with Gasteiger partial charge in [0.25, 0.3) is 5.91 Å². The Balaban J connectivity index is 1.65. The van der Waals surface area contributed by atoms with Gasteiger partial charge in [0.2, 0.25) is 5.91 Å². The number of hydrogen-bond acceptors (Lipinski definition) is 4. The number of piperidine rings is 1. The molecule has 2 aliphatic heterocycles. The average molecular weight is 374 g/mol. The fourth-order valence-electron chi connectivity index (χ4n) is 3.90. The maximum absolute atomic E-state index is 12.9. The first-order valence-electron chi connectivity index (χ1n) is 9.45. The molecule has 1 unspecified atom stereocenters. The summed E-state index contributed by atoms with van der Waals surface area (Å²) in [7, 11) is 0. The van der Waals surface area contributed by atoms with E-state index in [0.29, 0.717) is 51.1 Å². The van der Waals surface area contributed by atoms with Crippen molar-refractivity contribution < 1.29 is 24.2 Å². The second-order valence-corrected chi connectivity index (χ2v) is 7.41. The molecule has 2 fully saturated rings. The molecule has 2 N–H and O–H groups in total. The number of rotatable bonds is 5. The monoisotopic (exact) mass is 374 g/mol. The minimum atomic E-state index is -0.929. The van der Waals surface area contributed by atoms with Crippen LogP contribution in [0.1, 0.15) is 42.5 Å². The van der Waals surface area contributed by atoms with E-state index in [4.69, 9.17) is 4.74 Å². The van der Waals surface area contributed by atoms with Crippen LogP contribution in [-0.4, -0.2) is 59.6 Å². The Bertz CT molecular complexity index is 685. The first-order chi connectivity index (χ1) is 13.0. The molecule has 7 nitrogen and oxygen atoms in total. The van der Waals surface area contributed by atoms with Gasteiger partial charge in [-0.3, -0.25) is 14.4 Å². The smallest absolute Gasteiger partial charge is 0.305 e. The lowest BCUT2D eigenvalue weighted by Gasteiger charge is -2.39. The van der Waals surface area contributed by atoms with Crippen molar-refractivity contribution in [1.82, 2.24) is 10.2 Å². The third-order valence-corrected chi connectivity index (χ3v) is 5.43. The first kappa shape index (κ1) is 19.4. The summed E-state index contributed by atoms with van der Waals surface area (Å²) in [6.07, 6.45) is 2.33. The van der Waals surface area contributed by atoms with Crippen molar-refractivity contribution in [3.8, 4) is 0 Å². The third-order valence-electron chi connectivity index (χ3n) is 5.43. The Morgan fingerprint density at radius 1 is 1.19 bits per heavy atom. The number of amides is 2. The van der Waals surface area contributed by atoms with E-state index in [1.807, 2.05) is 18.2 Å². The Kier molecular flexibility index (Phi) is 6.11. The van der Waals surface area contributed by atoms with Crippen LogP contribution in [0.3, 0.4) is 0 Å². The van der Waals surface area contributed by atoms with Gasteiger partial charge >= 0.3 is 5.97 Å². The van der Waals surface area contributed by atoms with Crippen LogP contribution in [0, 0.1) is 5.92 Å². The number of aliphatic carboxylic acids is 1. The Labute approximate surface area is 158 Å². The van der Waals surface area contributed by atoms with Gasteiger partial charge < -0.3 is 20.1 Å². The first-order valence-corrected chi connectivity index (χ1v) is 9.45. The third kappa shape index (κ3) is 4.86. The summed E-state index contributed by atoms with van der Waals surface area (Å²) in [5.41, 5.74) is -0.141. The Morgan fingerprint density at radius 2 is 1.89 bits per heavy atom. The molecule has 3 rings (SSSR count). The molecule has 0 radical (unpaired) electrons. The van der Waals surface area contributed by atoms with E-state index >= 15 is 0 Å². The molecule has 1 aromatic rings. The predicted octanol–water partition coefficient (Wildman–Crippen LogP) is 1.68. The summed E-state index contributed by atoms with van der Waals surface area (Å²) in [6, 6.07) is 9.05. The van der Waals surface area contributed by atoms with Gasteiger partial charge in [-0.2, -0.15) is 0 Å². The zero-order valence-corrected chi connectivity index (χ0v) is 15.4. The van der Waals surface area contributed by atoms with E-state index in [0.717, 1.165) is 6.42 Å². The minimum Gasteiger partial charge on any atom is -0.481 e. The summed E-state index contributed by atoms with van der Waals surface area (Å²) < 4.78 is 5.33. The number of hydrogen-bond donors (Lipinski definition) is 2. The van der Waals surface area contributed by atoms with Crippen LogP contribution in [0.15, 0.2) is 30.3 Å². The topological polar surface area (TPSA) is 95.9 Å². The van der Waals surface area contributed by atoms with E-state index in [1.54, 1.807) is 17.0 Å². The van der Waals surface area contributed by atoms with Crippen LogP contribution in [0.2, 0.25) is 0 Å². The van der Waals surface area contributed by atoms with E-state index in [1.165, 1.54) is 0 Å². The fourth-order valence-corrected chi connectivity index (χ4v) is 3.90. The second-order valence-electron chi connectivity index (χ2n) is 7.41. The second kappa shape index (κ2) is 8.52. The molecule has 0 aromatic heterocycles. The zero-order valence-electron chi connectivity index (χ0n) is 15.4. The average Bonchev–Trinajstić information content (AvgIpc) is 2.68. The molecular weight excluding hydrogens is 348 g/mol. The minimum absolute atomic E-state index is 0.0700. The number of benzene rings is 1.